The van der Waals surface area contributed by atoms with Crippen LogP contribution in [0.4, 0.5) is 0 Å². The van der Waals surface area contributed by atoms with Crippen molar-refractivity contribution >= 4 is 12.7 Å². The molecule has 0 aromatic heterocycles. The number of benzene rings is 1. The molecule has 0 amide bonds. The van der Waals surface area contributed by atoms with Crippen LogP contribution in [-0.4, -0.2) is 12.8 Å². The van der Waals surface area contributed by atoms with Crippen LogP contribution in [0.15, 0.2) is 30.3 Å². The van der Waals surface area contributed by atoms with Crippen molar-refractivity contribution in [2.24, 2.45) is 0 Å². The van der Waals surface area contributed by atoms with Gasteiger partial charge in [0.05, 0.1) is 6.61 Å². The summed E-state index contributed by atoms with van der Waals surface area (Å²) < 4.78 is 17.4. The van der Waals surface area contributed by atoms with Gasteiger partial charge in [0.2, 0.25) is 7.37 Å². The molecule has 1 unspecified atom stereocenters. The van der Waals surface area contributed by atoms with Gasteiger partial charge in [0, 0.05) is 11.5 Å². The molecule has 0 aliphatic carbocycles. The van der Waals surface area contributed by atoms with Crippen molar-refractivity contribution in [3.05, 3.63) is 37.3 Å². The monoisotopic (exact) mass is 197 g/mol. The summed E-state index contributed by atoms with van der Waals surface area (Å²) in [4.78, 5) is 0. The van der Waals surface area contributed by atoms with Gasteiger partial charge in [-0.3, -0.25) is 4.57 Å². The fourth-order valence-electron chi connectivity index (χ4n) is 1.13. The van der Waals surface area contributed by atoms with Gasteiger partial charge < -0.3 is 4.52 Å². The summed E-state index contributed by atoms with van der Waals surface area (Å²) >= 11 is 0. The molecule has 1 aromatic rings. The predicted molar refractivity (Wildman–Crippen MR) is 55.5 cm³/mol. The van der Waals surface area contributed by atoms with E-state index in [4.69, 9.17) is 4.52 Å². The summed E-state index contributed by atoms with van der Waals surface area (Å²) in [6.45, 7) is 5.96. The first-order chi connectivity index (χ1) is 6.23. The van der Waals surface area contributed by atoms with E-state index in [1.54, 1.807) is 0 Å². The van der Waals surface area contributed by atoms with Crippen LogP contribution in [0, 0.1) is 6.92 Å². The molecule has 1 aromatic carbocycles. The largest absolute Gasteiger partial charge is 0.326 e. The first-order valence-corrected chi connectivity index (χ1v) is 6.12. The summed E-state index contributed by atoms with van der Waals surface area (Å²) in [5.74, 6) is 0. The average molecular weight is 197 g/mol. The lowest BCUT2D eigenvalue weighted by molar-refractivity contribution is 0.342. The van der Waals surface area contributed by atoms with Gasteiger partial charge in [-0.1, -0.05) is 18.2 Å². The Morgan fingerprint density at radius 1 is 1.38 bits per heavy atom. The summed E-state index contributed by atoms with van der Waals surface area (Å²) in [6.07, 6.45) is 0.310. The molecule has 0 fully saturated rings. The molecule has 0 saturated carbocycles. The van der Waals surface area contributed by atoms with Crippen LogP contribution in [0.5, 0.6) is 0 Å². The van der Waals surface area contributed by atoms with E-state index in [1.165, 1.54) is 0 Å². The Morgan fingerprint density at radius 2 is 2.00 bits per heavy atom. The third-order valence-electron chi connectivity index (χ3n) is 1.78. The molecule has 0 N–H and O–H groups in total. The highest BCUT2D eigenvalue weighted by Gasteiger charge is 2.21. The summed E-state index contributed by atoms with van der Waals surface area (Å²) in [5.41, 5.74) is 0. The Hall–Kier alpha value is -0.590. The van der Waals surface area contributed by atoms with Crippen LogP contribution in [0.25, 0.3) is 0 Å². The van der Waals surface area contributed by atoms with Gasteiger partial charge in [-0.15, -0.1) is 0 Å². The molecule has 0 saturated heterocycles. The molecule has 3 heteroatoms. The van der Waals surface area contributed by atoms with Crippen LogP contribution in [0.2, 0.25) is 0 Å². The summed E-state index contributed by atoms with van der Waals surface area (Å²) in [6, 6.07) is 9.25. The third-order valence-corrected chi connectivity index (χ3v) is 4.13. The maximum atomic E-state index is 12.1. The summed E-state index contributed by atoms with van der Waals surface area (Å²) in [7, 11) is -2.66. The van der Waals surface area contributed by atoms with E-state index in [9.17, 15) is 4.57 Å². The van der Waals surface area contributed by atoms with Gasteiger partial charge >= 0.3 is 0 Å². The van der Waals surface area contributed by atoms with Crippen molar-refractivity contribution in [3.63, 3.8) is 0 Å². The maximum absolute atomic E-state index is 12.1. The van der Waals surface area contributed by atoms with Crippen LogP contribution >= 0.6 is 7.37 Å². The molecule has 1 radical (unpaired) electrons. The zero-order chi connectivity index (χ0) is 9.73. The first-order valence-electron chi connectivity index (χ1n) is 4.31. The van der Waals surface area contributed by atoms with Crippen molar-refractivity contribution in [3.8, 4) is 0 Å². The van der Waals surface area contributed by atoms with E-state index in [2.05, 4.69) is 6.92 Å². The zero-order valence-corrected chi connectivity index (χ0v) is 8.67. The molecule has 0 aliphatic heterocycles. The lowest BCUT2D eigenvalue weighted by atomic mass is 10.4. The minimum atomic E-state index is -2.66. The topological polar surface area (TPSA) is 26.3 Å². The van der Waals surface area contributed by atoms with Gasteiger partial charge in [0.25, 0.3) is 0 Å². The Morgan fingerprint density at radius 3 is 2.46 bits per heavy atom. The molecular weight excluding hydrogens is 183 g/mol. The molecule has 1 rings (SSSR count). The quantitative estimate of drug-likeness (QED) is 0.693. The van der Waals surface area contributed by atoms with Crippen molar-refractivity contribution < 1.29 is 9.09 Å². The minimum Gasteiger partial charge on any atom is -0.326 e. The minimum absolute atomic E-state index is 0.310. The highest BCUT2D eigenvalue weighted by atomic mass is 31.2. The van der Waals surface area contributed by atoms with Gasteiger partial charge in [0.15, 0.2) is 0 Å². The molecule has 0 bridgehead atoms. The average Bonchev–Trinajstić information content (AvgIpc) is 2.19. The van der Waals surface area contributed by atoms with Gasteiger partial charge in [-0.2, -0.15) is 0 Å². The second kappa shape index (κ2) is 4.59. The molecule has 0 aliphatic rings. The maximum Gasteiger partial charge on any atom is 0.232 e. The highest BCUT2D eigenvalue weighted by molar-refractivity contribution is 7.67. The zero-order valence-electron chi connectivity index (χ0n) is 7.77. The lowest BCUT2D eigenvalue weighted by Gasteiger charge is -2.15. The standard InChI is InChI=1S/C10H14O2P/c1-3-12-13(11,4-2)10-8-6-5-7-9-10/h5-9H,2-4H2,1H3. The fourth-order valence-corrected chi connectivity index (χ4v) is 2.71. The second-order valence-corrected chi connectivity index (χ2v) is 5.22. The Labute approximate surface area is 79.4 Å². The van der Waals surface area contributed by atoms with E-state index in [0.717, 1.165) is 5.30 Å². The Bertz CT molecular complexity index is 295. The smallest absolute Gasteiger partial charge is 0.232 e. The molecule has 0 heterocycles. The lowest BCUT2D eigenvalue weighted by Crippen LogP contribution is -2.08. The number of rotatable bonds is 4. The van der Waals surface area contributed by atoms with Gasteiger partial charge in [0.1, 0.15) is 0 Å². The van der Waals surface area contributed by atoms with E-state index in [0.29, 0.717) is 12.8 Å². The normalized spacial score (nSPS) is 15.2. The van der Waals surface area contributed by atoms with Crippen LogP contribution in [-0.2, 0) is 9.09 Å². The Balaban J connectivity index is 2.96. The van der Waals surface area contributed by atoms with Crippen LogP contribution < -0.4 is 5.30 Å². The molecule has 13 heavy (non-hydrogen) atoms. The van der Waals surface area contributed by atoms with Gasteiger partial charge in [-0.05, 0) is 26.0 Å². The van der Waals surface area contributed by atoms with Crippen LogP contribution in [0.3, 0.4) is 0 Å². The van der Waals surface area contributed by atoms with E-state index in [1.807, 2.05) is 37.3 Å². The SMILES string of the molecule is [CH2]CP(=O)(OCC)c1ccccc1. The highest BCUT2D eigenvalue weighted by Crippen LogP contribution is 2.44. The third kappa shape index (κ3) is 2.43. The summed E-state index contributed by atoms with van der Waals surface area (Å²) in [5, 5.41) is 0.756. The first kappa shape index (κ1) is 10.5. The molecule has 71 valence electrons. The van der Waals surface area contributed by atoms with Crippen LogP contribution in [0.1, 0.15) is 6.92 Å². The number of hydrogen-bond acceptors (Lipinski definition) is 2. The molecule has 1 atom stereocenters. The van der Waals surface area contributed by atoms with E-state index in [-0.39, 0.29) is 0 Å². The van der Waals surface area contributed by atoms with Crippen molar-refractivity contribution in [2.45, 2.75) is 6.92 Å². The predicted octanol–water partition coefficient (Wildman–Crippen LogP) is 2.46. The van der Waals surface area contributed by atoms with Crippen molar-refractivity contribution in [1.82, 2.24) is 0 Å². The van der Waals surface area contributed by atoms with Crippen molar-refractivity contribution in [1.29, 1.82) is 0 Å². The number of hydrogen-bond donors (Lipinski definition) is 0. The molecule has 0 spiro atoms. The van der Waals surface area contributed by atoms with Crippen molar-refractivity contribution in [2.75, 3.05) is 12.8 Å². The Kier molecular flexibility index (Phi) is 3.71. The molecular formula is C10H14O2P. The van der Waals surface area contributed by atoms with Gasteiger partial charge in [-0.25, -0.2) is 0 Å². The molecule has 2 nitrogen and oxygen atoms in total. The van der Waals surface area contributed by atoms with E-state index < -0.39 is 7.37 Å². The van der Waals surface area contributed by atoms with E-state index >= 15 is 0 Å². The second-order valence-electron chi connectivity index (χ2n) is 2.65. The fraction of sp³-hybridized carbons (Fsp3) is 0.300.